The summed E-state index contributed by atoms with van der Waals surface area (Å²) in [5, 5.41) is 12.7. The first-order valence-electron chi connectivity index (χ1n) is 9.29. The van der Waals surface area contributed by atoms with Crippen molar-refractivity contribution in [3.63, 3.8) is 0 Å². The van der Waals surface area contributed by atoms with Crippen LogP contribution in [0.1, 0.15) is 49.2 Å². The molecule has 0 spiro atoms. The Morgan fingerprint density at radius 2 is 1.92 bits per heavy atom. The fraction of sp³-hybridized carbons (Fsp3) is 0.722. The van der Waals surface area contributed by atoms with Gasteiger partial charge in [0.05, 0.1) is 10.7 Å². The standard InChI is InChI=1S/C18H31N5OS/c1-14-23-16(13-25-14)8-9-21-18(19-2)22-11-10-20-17(24)12-15-6-4-3-5-7-15/h13,15H,3-12H2,1-2H3,(H,20,24)(H2,19,21,22). The van der Waals surface area contributed by atoms with E-state index < -0.39 is 0 Å². The molecule has 2 rings (SSSR count). The zero-order valence-electron chi connectivity index (χ0n) is 15.4. The summed E-state index contributed by atoms with van der Waals surface area (Å²) < 4.78 is 0. The molecule has 1 aliphatic rings. The Balaban J connectivity index is 1.53. The van der Waals surface area contributed by atoms with Crippen LogP contribution in [0.5, 0.6) is 0 Å². The molecule has 1 aromatic rings. The minimum Gasteiger partial charge on any atom is -0.356 e. The van der Waals surface area contributed by atoms with Gasteiger partial charge in [-0.2, -0.15) is 0 Å². The second kappa shape index (κ2) is 11.1. The first kappa shape index (κ1) is 19.7. The Labute approximate surface area is 154 Å². The third kappa shape index (κ3) is 7.86. The molecule has 3 N–H and O–H groups in total. The molecule has 1 aliphatic carbocycles. The number of hydrogen-bond donors (Lipinski definition) is 3. The molecule has 1 fully saturated rings. The molecule has 7 heteroatoms. The SMILES string of the molecule is CN=C(NCCNC(=O)CC1CCCCC1)NCCc1csc(C)n1. The van der Waals surface area contributed by atoms with E-state index in [2.05, 4.69) is 31.3 Å². The lowest BCUT2D eigenvalue weighted by Gasteiger charge is -2.20. The molecule has 0 unspecified atom stereocenters. The fourth-order valence-electron chi connectivity index (χ4n) is 3.16. The topological polar surface area (TPSA) is 78.4 Å². The van der Waals surface area contributed by atoms with E-state index in [1.54, 1.807) is 18.4 Å². The van der Waals surface area contributed by atoms with Gasteiger partial charge >= 0.3 is 0 Å². The summed E-state index contributed by atoms with van der Waals surface area (Å²) in [6.45, 7) is 4.10. The molecule has 1 aromatic heterocycles. The number of thiazole rings is 1. The second-order valence-electron chi connectivity index (χ2n) is 6.59. The predicted octanol–water partition coefficient (Wildman–Crippen LogP) is 2.25. The molecule has 0 aromatic carbocycles. The van der Waals surface area contributed by atoms with Crippen LogP contribution >= 0.6 is 11.3 Å². The second-order valence-corrected chi connectivity index (χ2v) is 7.65. The van der Waals surface area contributed by atoms with Crippen LogP contribution in [0.2, 0.25) is 0 Å². The number of amides is 1. The minimum absolute atomic E-state index is 0.176. The van der Waals surface area contributed by atoms with E-state index in [4.69, 9.17) is 0 Å². The summed E-state index contributed by atoms with van der Waals surface area (Å²) in [6, 6.07) is 0. The highest BCUT2D eigenvalue weighted by molar-refractivity contribution is 7.09. The molecule has 25 heavy (non-hydrogen) atoms. The highest BCUT2D eigenvalue weighted by Crippen LogP contribution is 2.25. The molecule has 0 aliphatic heterocycles. The molecule has 0 radical (unpaired) electrons. The van der Waals surface area contributed by atoms with Crippen LogP contribution in [0.4, 0.5) is 0 Å². The number of rotatable bonds is 8. The van der Waals surface area contributed by atoms with Crippen molar-refractivity contribution in [2.45, 2.75) is 51.9 Å². The van der Waals surface area contributed by atoms with Crippen LogP contribution in [0.25, 0.3) is 0 Å². The van der Waals surface area contributed by atoms with E-state index in [0.717, 1.165) is 29.6 Å². The normalized spacial score (nSPS) is 15.8. The van der Waals surface area contributed by atoms with Gasteiger partial charge in [-0.25, -0.2) is 4.98 Å². The van der Waals surface area contributed by atoms with Gasteiger partial charge in [0.15, 0.2) is 5.96 Å². The average Bonchev–Trinajstić information content (AvgIpc) is 3.03. The summed E-state index contributed by atoms with van der Waals surface area (Å²) >= 11 is 1.68. The molecule has 0 saturated heterocycles. The molecule has 0 atom stereocenters. The monoisotopic (exact) mass is 365 g/mol. The largest absolute Gasteiger partial charge is 0.356 e. The minimum atomic E-state index is 0.176. The van der Waals surface area contributed by atoms with Crippen LogP contribution in [0, 0.1) is 12.8 Å². The van der Waals surface area contributed by atoms with Crippen molar-refractivity contribution < 1.29 is 4.79 Å². The highest BCUT2D eigenvalue weighted by Gasteiger charge is 2.16. The number of aryl methyl sites for hydroxylation is 1. The van der Waals surface area contributed by atoms with Gasteiger partial charge in [-0.15, -0.1) is 11.3 Å². The van der Waals surface area contributed by atoms with E-state index in [1.807, 2.05) is 6.92 Å². The van der Waals surface area contributed by atoms with Crippen LogP contribution in [0.15, 0.2) is 10.4 Å². The molecule has 0 bridgehead atoms. The highest BCUT2D eigenvalue weighted by atomic mass is 32.1. The summed E-state index contributed by atoms with van der Waals surface area (Å²) in [4.78, 5) is 20.6. The van der Waals surface area contributed by atoms with Gasteiger partial charge in [0, 0.05) is 44.9 Å². The van der Waals surface area contributed by atoms with Crippen molar-refractivity contribution in [2.75, 3.05) is 26.7 Å². The lowest BCUT2D eigenvalue weighted by molar-refractivity contribution is -0.122. The maximum absolute atomic E-state index is 12.0. The van der Waals surface area contributed by atoms with E-state index in [-0.39, 0.29) is 5.91 Å². The van der Waals surface area contributed by atoms with Gasteiger partial charge in [0.2, 0.25) is 5.91 Å². The molecule has 1 saturated carbocycles. The van der Waals surface area contributed by atoms with Crippen molar-refractivity contribution in [2.24, 2.45) is 10.9 Å². The number of aliphatic imine (C=N–C) groups is 1. The zero-order chi connectivity index (χ0) is 17.9. The van der Waals surface area contributed by atoms with Gasteiger partial charge in [-0.05, 0) is 25.7 Å². The Bertz CT molecular complexity index is 551. The van der Waals surface area contributed by atoms with Gasteiger partial charge in [-0.3, -0.25) is 9.79 Å². The zero-order valence-corrected chi connectivity index (χ0v) is 16.3. The maximum Gasteiger partial charge on any atom is 0.220 e. The van der Waals surface area contributed by atoms with Gasteiger partial charge in [0.25, 0.3) is 0 Å². The van der Waals surface area contributed by atoms with Crippen molar-refractivity contribution in [1.82, 2.24) is 20.9 Å². The summed E-state index contributed by atoms with van der Waals surface area (Å²) in [6.07, 6.45) is 7.87. The molecule has 6 nitrogen and oxygen atoms in total. The lowest BCUT2D eigenvalue weighted by atomic mass is 9.87. The van der Waals surface area contributed by atoms with Crippen LogP contribution < -0.4 is 16.0 Å². The Morgan fingerprint density at radius 1 is 1.20 bits per heavy atom. The number of carbonyl (C=O) groups excluding carboxylic acids is 1. The van der Waals surface area contributed by atoms with E-state index in [0.29, 0.717) is 25.4 Å². The van der Waals surface area contributed by atoms with Crippen molar-refractivity contribution in [3.8, 4) is 0 Å². The van der Waals surface area contributed by atoms with Gasteiger partial charge in [-0.1, -0.05) is 19.3 Å². The number of guanidine groups is 1. The van der Waals surface area contributed by atoms with Gasteiger partial charge < -0.3 is 16.0 Å². The number of carbonyl (C=O) groups is 1. The molecular weight excluding hydrogens is 334 g/mol. The third-order valence-corrected chi connectivity index (χ3v) is 5.32. The van der Waals surface area contributed by atoms with Crippen LogP contribution in [-0.2, 0) is 11.2 Å². The number of nitrogens with zero attached hydrogens (tertiary/aromatic N) is 2. The van der Waals surface area contributed by atoms with E-state index in [1.165, 1.54) is 32.1 Å². The van der Waals surface area contributed by atoms with E-state index >= 15 is 0 Å². The summed E-state index contributed by atoms with van der Waals surface area (Å²) in [5.41, 5.74) is 1.11. The first-order valence-corrected chi connectivity index (χ1v) is 10.2. The molecule has 1 amide bonds. The van der Waals surface area contributed by atoms with Crippen LogP contribution in [0.3, 0.4) is 0 Å². The summed E-state index contributed by atoms with van der Waals surface area (Å²) in [7, 11) is 1.75. The third-order valence-electron chi connectivity index (χ3n) is 4.50. The van der Waals surface area contributed by atoms with Crippen molar-refractivity contribution in [1.29, 1.82) is 0 Å². The predicted molar refractivity (Wildman–Crippen MR) is 104 cm³/mol. The van der Waals surface area contributed by atoms with E-state index in [9.17, 15) is 4.79 Å². The van der Waals surface area contributed by atoms with Crippen molar-refractivity contribution in [3.05, 3.63) is 16.1 Å². The number of aromatic nitrogens is 1. The lowest BCUT2D eigenvalue weighted by Crippen LogP contribution is -2.42. The molecule has 140 valence electrons. The smallest absolute Gasteiger partial charge is 0.220 e. The van der Waals surface area contributed by atoms with Gasteiger partial charge in [0.1, 0.15) is 0 Å². The average molecular weight is 366 g/mol. The van der Waals surface area contributed by atoms with Crippen LogP contribution in [-0.4, -0.2) is 43.5 Å². The Morgan fingerprint density at radius 3 is 2.60 bits per heavy atom. The first-order chi connectivity index (χ1) is 12.2. The quantitative estimate of drug-likeness (QED) is 0.375. The number of nitrogens with one attached hydrogen (secondary N) is 3. The van der Waals surface area contributed by atoms with Crippen molar-refractivity contribution >= 4 is 23.2 Å². The Hall–Kier alpha value is -1.63. The fourth-order valence-corrected chi connectivity index (χ4v) is 3.81. The molecular formula is C18H31N5OS. The maximum atomic E-state index is 12.0. The molecule has 1 heterocycles. The Kier molecular flexibility index (Phi) is 8.72. The summed E-state index contributed by atoms with van der Waals surface area (Å²) in [5.74, 6) is 1.52. The number of hydrogen-bond acceptors (Lipinski definition) is 4.